The lowest BCUT2D eigenvalue weighted by Gasteiger charge is -2.14. The van der Waals surface area contributed by atoms with Gasteiger partial charge in [0.1, 0.15) is 15.8 Å². The molecule has 1 amide bonds. The first-order valence-corrected chi connectivity index (χ1v) is 12.3. The van der Waals surface area contributed by atoms with Crippen LogP contribution in [0.15, 0.2) is 90.2 Å². The molecule has 1 fully saturated rings. The Balaban J connectivity index is 1.41. The van der Waals surface area contributed by atoms with Crippen LogP contribution in [0.4, 0.5) is 0 Å². The second-order valence-electron chi connectivity index (χ2n) is 7.88. The number of hydrogen-bond donors (Lipinski definition) is 0. The van der Waals surface area contributed by atoms with Crippen molar-refractivity contribution in [1.29, 1.82) is 0 Å². The molecule has 0 aliphatic carbocycles. The van der Waals surface area contributed by atoms with E-state index in [0.29, 0.717) is 22.2 Å². The minimum Gasteiger partial charge on any atom is -0.497 e. The second kappa shape index (κ2) is 10.2. The largest absolute Gasteiger partial charge is 0.497 e. The molecular weight excluding hydrogens is 476 g/mol. The zero-order valence-electron chi connectivity index (χ0n) is 19.0. The molecule has 0 radical (unpaired) electrons. The molecule has 0 saturated carbocycles. The van der Waals surface area contributed by atoms with E-state index in [1.54, 1.807) is 24.4 Å². The number of ether oxygens (including phenoxy) is 1. The van der Waals surface area contributed by atoms with Crippen LogP contribution in [0.2, 0.25) is 0 Å². The minimum absolute atomic E-state index is 0.0818. The van der Waals surface area contributed by atoms with Crippen molar-refractivity contribution in [2.75, 3.05) is 13.7 Å². The van der Waals surface area contributed by atoms with E-state index >= 15 is 0 Å². The first-order chi connectivity index (χ1) is 17.1. The first-order valence-electron chi connectivity index (χ1n) is 11.1. The molecule has 0 spiro atoms. The van der Waals surface area contributed by atoms with Gasteiger partial charge in [-0.05, 0) is 54.5 Å². The van der Waals surface area contributed by atoms with Gasteiger partial charge in [0.2, 0.25) is 0 Å². The Morgan fingerprint density at radius 3 is 2.49 bits per heavy atom. The number of rotatable bonds is 7. The number of thiocarbonyl (C=S) groups is 1. The van der Waals surface area contributed by atoms with Crippen LogP contribution in [0.1, 0.15) is 11.1 Å². The molecule has 1 saturated heterocycles. The van der Waals surface area contributed by atoms with Crippen molar-refractivity contribution in [2.24, 2.45) is 0 Å². The summed E-state index contributed by atoms with van der Waals surface area (Å²) in [7, 11) is 1.64. The fourth-order valence-electron chi connectivity index (χ4n) is 3.81. The van der Waals surface area contributed by atoms with E-state index in [-0.39, 0.29) is 5.91 Å². The van der Waals surface area contributed by atoms with Gasteiger partial charge in [0.15, 0.2) is 0 Å². The standard InChI is InChI=1S/C27H22N4O2S2/c1-33-23-9-7-19(8-10-23)13-16-30-26(32)24(35-27(30)34)17-21-18-31(22-5-3-2-4-6-22)29-25(21)20-11-14-28-15-12-20/h2-12,14-15,17-18H,13,16H2,1H3. The van der Waals surface area contributed by atoms with Gasteiger partial charge in [-0.3, -0.25) is 14.7 Å². The molecule has 174 valence electrons. The Bertz CT molecular complexity index is 1380. The number of carbonyl (C=O) groups excluding carboxylic acids is 1. The highest BCUT2D eigenvalue weighted by atomic mass is 32.2. The van der Waals surface area contributed by atoms with Gasteiger partial charge in [0, 0.05) is 36.3 Å². The predicted molar refractivity (Wildman–Crippen MR) is 143 cm³/mol. The third-order valence-corrected chi connectivity index (χ3v) is 7.04. The number of aromatic nitrogens is 3. The fourth-order valence-corrected chi connectivity index (χ4v) is 5.11. The molecule has 1 aliphatic rings. The van der Waals surface area contributed by atoms with E-state index in [1.807, 2.05) is 83.7 Å². The van der Waals surface area contributed by atoms with Crippen molar-refractivity contribution in [3.8, 4) is 22.7 Å². The highest BCUT2D eigenvalue weighted by Crippen LogP contribution is 2.35. The Labute approximate surface area is 213 Å². The first kappa shape index (κ1) is 23.0. The van der Waals surface area contributed by atoms with E-state index < -0.39 is 0 Å². The summed E-state index contributed by atoms with van der Waals surface area (Å²) in [6.07, 6.45) is 8.00. The quantitative estimate of drug-likeness (QED) is 0.252. The molecular formula is C27H22N4O2S2. The summed E-state index contributed by atoms with van der Waals surface area (Å²) in [6.45, 7) is 0.523. The van der Waals surface area contributed by atoms with Gasteiger partial charge in [-0.15, -0.1) is 0 Å². The van der Waals surface area contributed by atoms with Gasteiger partial charge < -0.3 is 4.74 Å². The summed E-state index contributed by atoms with van der Waals surface area (Å²) in [6, 6.07) is 21.6. The number of amides is 1. The summed E-state index contributed by atoms with van der Waals surface area (Å²) < 4.78 is 7.61. The number of para-hydroxylation sites is 1. The van der Waals surface area contributed by atoms with Crippen LogP contribution in [0, 0.1) is 0 Å². The van der Waals surface area contributed by atoms with E-state index in [0.717, 1.165) is 33.8 Å². The monoisotopic (exact) mass is 498 g/mol. The van der Waals surface area contributed by atoms with Gasteiger partial charge in [-0.25, -0.2) is 4.68 Å². The lowest BCUT2D eigenvalue weighted by atomic mass is 10.1. The van der Waals surface area contributed by atoms with Crippen molar-refractivity contribution < 1.29 is 9.53 Å². The number of methoxy groups -OCH3 is 1. The smallest absolute Gasteiger partial charge is 0.266 e. The zero-order valence-corrected chi connectivity index (χ0v) is 20.6. The molecule has 8 heteroatoms. The highest BCUT2D eigenvalue weighted by molar-refractivity contribution is 8.26. The maximum Gasteiger partial charge on any atom is 0.266 e. The predicted octanol–water partition coefficient (Wildman–Crippen LogP) is 5.39. The Hall–Kier alpha value is -3.75. The van der Waals surface area contributed by atoms with Crippen molar-refractivity contribution in [2.45, 2.75) is 6.42 Å². The second-order valence-corrected chi connectivity index (χ2v) is 9.56. The van der Waals surface area contributed by atoms with Crippen molar-refractivity contribution in [3.63, 3.8) is 0 Å². The summed E-state index contributed by atoms with van der Waals surface area (Å²) in [5.74, 6) is 0.727. The molecule has 4 aromatic rings. The third-order valence-electron chi connectivity index (χ3n) is 5.66. The van der Waals surface area contributed by atoms with Gasteiger partial charge in [-0.2, -0.15) is 5.10 Å². The number of benzene rings is 2. The summed E-state index contributed by atoms with van der Waals surface area (Å²) >= 11 is 6.88. The van der Waals surface area contributed by atoms with Crippen LogP contribution < -0.4 is 4.74 Å². The molecule has 2 aromatic heterocycles. The van der Waals surface area contributed by atoms with Gasteiger partial charge in [0.25, 0.3) is 5.91 Å². The van der Waals surface area contributed by atoms with Crippen LogP contribution in [-0.4, -0.2) is 43.5 Å². The van der Waals surface area contributed by atoms with Gasteiger partial charge in [0.05, 0.1) is 17.7 Å². The maximum absolute atomic E-state index is 13.3. The summed E-state index contributed by atoms with van der Waals surface area (Å²) in [5, 5.41) is 4.81. The Kier molecular flexibility index (Phi) is 6.74. The topological polar surface area (TPSA) is 60.2 Å². The molecule has 0 N–H and O–H groups in total. The number of carbonyl (C=O) groups is 1. The molecule has 3 heterocycles. The summed E-state index contributed by atoms with van der Waals surface area (Å²) in [4.78, 5) is 19.6. The van der Waals surface area contributed by atoms with E-state index in [2.05, 4.69) is 4.98 Å². The maximum atomic E-state index is 13.3. The average Bonchev–Trinajstić information content (AvgIpc) is 3.44. The minimum atomic E-state index is -0.0818. The Morgan fingerprint density at radius 1 is 1.03 bits per heavy atom. The number of hydrogen-bond acceptors (Lipinski definition) is 6. The molecule has 0 atom stereocenters. The van der Waals surface area contributed by atoms with Crippen molar-refractivity contribution in [3.05, 3.63) is 101 Å². The van der Waals surface area contributed by atoms with E-state index in [9.17, 15) is 4.79 Å². The fraction of sp³-hybridized carbons (Fsp3) is 0.111. The lowest BCUT2D eigenvalue weighted by molar-refractivity contribution is -0.122. The van der Waals surface area contributed by atoms with Crippen LogP contribution in [-0.2, 0) is 11.2 Å². The van der Waals surface area contributed by atoms with E-state index in [1.165, 1.54) is 11.8 Å². The normalized spacial score (nSPS) is 14.7. The highest BCUT2D eigenvalue weighted by Gasteiger charge is 2.32. The molecule has 2 aromatic carbocycles. The van der Waals surface area contributed by atoms with Crippen molar-refractivity contribution in [1.82, 2.24) is 19.7 Å². The molecule has 6 nitrogen and oxygen atoms in total. The van der Waals surface area contributed by atoms with Crippen LogP contribution in [0.3, 0.4) is 0 Å². The Morgan fingerprint density at radius 2 is 1.77 bits per heavy atom. The number of thioether (sulfide) groups is 1. The number of pyridine rings is 1. The van der Waals surface area contributed by atoms with E-state index in [4.69, 9.17) is 22.1 Å². The molecule has 0 bridgehead atoms. The average molecular weight is 499 g/mol. The SMILES string of the molecule is COc1ccc(CCN2C(=O)C(=Cc3cn(-c4ccccc4)nc3-c3ccncc3)SC2=S)cc1. The number of nitrogens with zero attached hydrogens (tertiary/aromatic N) is 4. The van der Waals surface area contributed by atoms with Gasteiger partial charge >= 0.3 is 0 Å². The molecule has 5 rings (SSSR count). The summed E-state index contributed by atoms with van der Waals surface area (Å²) in [5.41, 5.74) is 4.61. The third kappa shape index (κ3) is 5.03. The molecule has 0 unspecified atom stereocenters. The van der Waals surface area contributed by atoms with Gasteiger partial charge in [-0.1, -0.05) is 54.3 Å². The lowest BCUT2D eigenvalue weighted by Crippen LogP contribution is -2.30. The zero-order chi connectivity index (χ0) is 24.2. The van der Waals surface area contributed by atoms with Crippen LogP contribution in [0.25, 0.3) is 23.0 Å². The van der Waals surface area contributed by atoms with Crippen LogP contribution >= 0.6 is 24.0 Å². The van der Waals surface area contributed by atoms with Crippen molar-refractivity contribution >= 4 is 40.3 Å². The molecule has 1 aliphatic heterocycles. The molecule has 35 heavy (non-hydrogen) atoms. The van der Waals surface area contributed by atoms with Crippen LogP contribution in [0.5, 0.6) is 5.75 Å².